The molecule has 4 amide bonds. The molecule has 0 aromatic heterocycles. The number of carbonyl (C=O) groups excluding carboxylic acids is 3. The van der Waals surface area contributed by atoms with E-state index in [0.717, 1.165) is 17.5 Å². The molecule has 0 aliphatic carbocycles. The van der Waals surface area contributed by atoms with Crippen molar-refractivity contribution in [2.45, 2.75) is 45.1 Å². The molecule has 35 heavy (non-hydrogen) atoms. The molecule has 2 heterocycles. The summed E-state index contributed by atoms with van der Waals surface area (Å²) in [6.45, 7) is 2.85. The molecule has 0 radical (unpaired) electrons. The number of likely N-dealkylation sites (N-methyl/N-ethyl adjacent to an activating group) is 1. The van der Waals surface area contributed by atoms with Gasteiger partial charge in [-0.05, 0) is 29.7 Å². The Labute approximate surface area is 215 Å². The number of halogens is 2. The first-order valence-corrected chi connectivity index (χ1v) is 12.4. The van der Waals surface area contributed by atoms with Crippen molar-refractivity contribution in [1.82, 2.24) is 25.1 Å². The van der Waals surface area contributed by atoms with Crippen LogP contribution in [0.15, 0.2) is 48.5 Å². The Bertz CT molecular complexity index is 1100. The van der Waals surface area contributed by atoms with Crippen molar-refractivity contribution in [1.29, 1.82) is 0 Å². The Balaban J connectivity index is 1.60. The first kappa shape index (κ1) is 25.3. The number of urea groups is 1. The molecular weight excluding hydrogens is 489 g/mol. The lowest BCUT2D eigenvalue weighted by atomic mass is 10.0. The number of hydrogen-bond acceptors (Lipinski definition) is 4. The molecule has 0 unspecified atom stereocenters. The number of hydrogen-bond donors (Lipinski definition) is 1. The SMILES string of the molecule is CCC[C@H]1C(=O)N(Cc2ccc(Cl)c(Cl)c2)C[C@H]2N1C(=O)CN(C)N2C(=O)NCc1ccccc1. The maximum atomic E-state index is 13.5. The van der Waals surface area contributed by atoms with Gasteiger partial charge in [-0.25, -0.2) is 14.8 Å². The quantitative estimate of drug-likeness (QED) is 0.633. The van der Waals surface area contributed by atoms with Gasteiger partial charge in [0.2, 0.25) is 11.8 Å². The molecule has 2 saturated heterocycles. The van der Waals surface area contributed by atoms with Crippen molar-refractivity contribution in [3.05, 3.63) is 69.7 Å². The molecule has 2 aliphatic rings. The van der Waals surface area contributed by atoms with Gasteiger partial charge in [0.05, 0.1) is 23.1 Å². The summed E-state index contributed by atoms with van der Waals surface area (Å²) in [6, 6.07) is 13.9. The van der Waals surface area contributed by atoms with Crippen molar-refractivity contribution in [2.24, 2.45) is 0 Å². The van der Waals surface area contributed by atoms with Crippen LogP contribution in [0, 0.1) is 0 Å². The summed E-state index contributed by atoms with van der Waals surface area (Å²) in [4.78, 5) is 43.2. The van der Waals surface area contributed by atoms with E-state index in [0.29, 0.717) is 29.6 Å². The molecule has 8 nitrogen and oxygen atoms in total. The summed E-state index contributed by atoms with van der Waals surface area (Å²) in [5.74, 6) is -0.290. The standard InChI is InChI=1S/C25H29Cl2N5O3/c1-3-7-21-24(34)30(14-18-10-11-19(26)20(27)12-18)15-22-31(21)23(33)16-29(2)32(22)25(35)28-13-17-8-5-4-6-9-17/h4-6,8-12,21-22H,3,7,13-16H2,1-2H3,(H,28,35)/t21-,22-/m0/s1. The number of carbonyl (C=O) groups is 3. The molecule has 0 saturated carbocycles. The number of fused-ring (bicyclic) bond motifs is 1. The van der Waals surface area contributed by atoms with E-state index < -0.39 is 12.2 Å². The number of nitrogens with one attached hydrogen (secondary N) is 1. The van der Waals surface area contributed by atoms with Crippen LogP contribution in [0.5, 0.6) is 0 Å². The number of rotatable bonds is 6. The molecule has 2 fully saturated rings. The van der Waals surface area contributed by atoms with Gasteiger partial charge in [0, 0.05) is 20.1 Å². The van der Waals surface area contributed by atoms with Crippen LogP contribution in [0.2, 0.25) is 10.0 Å². The van der Waals surface area contributed by atoms with Crippen molar-refractivity contribution in [3.63, 3.8) is 0 Å². The monoisotopic (exact) mass is 517 g/mol. The highest BCUT2D eigenvalue weighted by Crippen LogP contribution is 2.30. The van der Waals surface area contributed by atoms with Gasteiger partial charge in [0.25, 0.3) is 0 Å². The Morgan fingerprint density at radius 1 is 1.06 bits per heavy atom. The maximum absolute atomic E-state index is 13.5. The van der Waals surface area contributed by atoms with Crippen LogP contribution in [-0.4, -0.2) is 70.0 Å². The predicted molar refractivity (Wildman–Crippen MR) is 134 cm³/mol. The average Bonchev–Trinajstić information content (AvgIpc) is 2.83. The zero-order valence-electron chi connectivity index (χ0n) is 19.8. The van der Waals surface area contributed by atoms with Crippen LogP contribution in [0.1, 0.15) is 30.9 Å². The molecule has 186 valence electrons. The number of nitrogens with zero attached hydrogens (tertiary/aromatic N) is 4. The number of amides is 4. The minimum atomic E-state index is -0.632. The van der Waals surface area contributed by atoms with Gasteiger partial charge in [-0.15, -0.1) is 0 Å². The van der Waals surface area contributed by atoms with Crippen LogP contribution < -0.4 is 5.32 Å². The highest BCUT2D eigenvalue weighted by molar-refractivity contribution is 6.42. The minimum absolute atomic E-state index is 0.0234. The summed E-state index contributed by atoms with van der Waals surface area (Å²) in [6.07, 6.45) is 0.625. The lowest BCUT2D eigenvalue weighted by molar-refractivity contribution is -0.188. The van der Waals surface area contributed by atoms with Gasteiger partial charge < -0.3 is 15.1 Å². The third kappa shape index (κ3) is 5.39. The van der Waals surface area contributed by atoms with E-state index in [1.807, 2.05) is 43.3 Å². The second-order valence-corrected chi connectivity index (χ2v) is 9.67. The van der Waals surface area contributed by atoms with Gasteiger partial charge in [-0.2, -0.15) is 0 Å². The summed E-state index contributed by atoms with van der Waals surface area (Å²) >= 11 is 12.2. The second kappa shape index (κ2) is 10.8. The summed E-state index contributed by atoms with van der Waals surface area (Å²) in [7, 11) is 1.71. The average molecular weight is 518 g/mol. The lowest BCUT2D eigenvalue weighted by Gasteiger charge is -2.54. The Hall–Kier alpha value is -2.81. The number of hydrazine groups is 1. The van der Waals surface area contributed by atoms with E-state index in [2.05, 4.69) is 5.32 Å². The molecule has 0 spiro atoms. The van der Waals surface area contributed by atoms with E-state index in [1.165, 1.54) is 0 Å². The third-order valence-corrected chi connectivity index (χ3v) is 7.09. The van der Waals surface area contributed by atoms with Crippen LogP contribution in [0.4, 0.5) is 4.79 Å². The molecule has 2 aromatic carbocycles. The zero-order valence-corrected chi connectivity index (χ0v) is 21.3. The minimum Gasteiger partial charge on any atom is -0.333 e. The summed E-state index contributed by atoms with van der Waals surface area (Å²) < 4.78 is 0. The molecule has 2 aromatic rings. The number of piperazine rings is 1. The van der Waals surface area contributed by atoms with Gasteiger partial charge in [0.15, 0.2) is 0 Å². The fraction of sp³-hybridized carbons (Fsp3) is 0.400. The van der Waals surface area contributed by atoms with Crippen molar-refractivity contribution in [2.75, 3.05) is 20.1 Å². The van der Waals surface area contributed by atoms with E-state index in [4.69, 9.17) is 23.2 Å². The zero-order chi connectivity index (χ0) is 25.1. The fourth-order valence-electron chi connectivity index (χ4n) is 4.71. The van der Waals surface area contributed by atoms with Crippen LogP contribution >= 0.6 is 23.2 Å². The van der Waals surface area contributed by atoms with E-state index in [-0.39, 0.29) is 30.9 Å². The largest absolute Gasteiger partial charge is 0.334 e. The molecule has 1 N–H and O–H groups in total. The van der Waals surface area contributed by atoms with E-state index >= 15 is 0 Å². The molecule has 0 bridgehead atoms. The van der Waals surface area contributed by atoms with Gasteiger partial charge in [-0.1, -0.05) is 72.9 Å². The van der Waals surface area contributed by atoms with Crippen LogP contribution in [0.25, 0.3) is 0 Å². The Kier molecular flexibility index (Phi) is 7.84. The lowest BCUT2D eigenvalue weighted by Crippen LogP contribution is -2.75. The molecule has 2 atom stereocenters. The molecular formula is C25H29Cl2N5O3. The van der Waals surface area contributed by atoms with Crippen LogP contribution in [0.3, 0.4) is 0 Å². The smallest absolute Gasteiger partial charge is 0.333 e. The Morgan fingerprint density at radius 2 is 1.80 bits per heavy atom. The van der Waals surface area contributed by atoms with Gasteiger partial charge in [-0.3, -0.25) is 9.59 Å². The van der Waals surface area contributed by atoms with Crippen molar-refractivity contribution < 1.29 is 14.4 Å². The predicted octanol–water partition coefficient (Wildman–Crippen LogP) is 3.73. The van der Waals surface area contributed by atoms with Crippen LogP contribution in [-0.2, 0) is 22.7 Å². The second-order valence-electron chi connectivity index (χ2n) is 8.86. The molecule has 2 aliphatic heterocycles. The number of benzene rings is 2. The summed E-state index contributed by atoms with van der Waals surface area (Å²) in [5.41, 5.74) is 1.80. The van der Waals surface area contributed by atoms with Crippen molar-refractivity contribution >= 4 is 41.0 Å². The fourth-order valence-corrected chi connectivity index (χ4v) is 5.03. The highest BCUT2D eigenvalue weighted by atomic mass is 35.5. The Morgan fingerprint density at radius 3 is 2.49 bits per heavy atom. The normalized spacial score (nSPS) is 20.7. The van der Waals surface area contributed by atoms with Crippen molar-refractivity contribution in [3.8, 4) is 0 Å². The topological polar surface area (TPSA) is 76.2 Å². The van der Waals surface area contributed by atoms with Gasteiger partial charge >= 0.3 is 6.03 Å². The first-order valence-electron chi connectivity index (χ1n) is 11.7. The van der Waals surface area contributed by atoms with Gasteiger partial charge in [0.1, 0.15) is 12.2 Å². The first-order chi connectivity index (χ1) is 16.8. The summed E-state index contributed by atoms with van der Waals surface area (Å²) in [5, 5.41) is 6.99. The van der Waals surface area contributed by atoms with E-state index in [1.54, 1.807) is 39.0 Å². The maximum Gasteiger partial charge on any atom is 0.334 e. The highest BCUT2D eigenvalue weighted by Gasteiger charge is 2.50. The molecule has 4 rings (SSSR count). The third-order valence-electron chi connectivity index (χ3n) is 6.35. The molecule has 10 heteroatoms. The van der Waals surface area contributed by atoms with E-state index in [9.17, 15) is 14.4 Å².